The summed E-state index contributed by atoms with van der Waals surface area (Å²) in [5, 5.41) is 12.6. The summed E-state index contributed by atoms with van der Waals surface area (Å²) in [7, 11) is 0. The van der Waals surface area contributed by atoms with Gasteiger partial charge in [0, 0.05) is 0 Å². The molecule has 3 aromatic rings. The van der Waals surface area contributed by atoms with E-state index in [2.05, 4.69) is 20.4 Å². The molecule has 1 aromatic carbocycles. The van der Waals surface area contributed by atoms with Crippen molar-refractivity contribution in [1.82, 2.24) is 25.0 Å². The number of hydrogen-bond donors (Lipinski definition) is 2. The van der Waals surface area contributed by atoms with Crippen molar-refractivity contribution in [2.75, 3.05) is 0 Å². The Morgan fingerprint density at radius 1 is 1.06 bits per heavy atom. The van der Waals surface area contributed by atoms with Crippen LogP contribution in [0.3, 0.4) is 0 Å². The van der Waals surface area contributed by atoms with E-state index in [1.165, 1.54) is 24.8 Å². The van der Waals surface area contributed by atoms with Gasteiger partial charge in [-0.15, -0.1) is 10.2 Å². The van der Waals surface area contributed by atoms with Gasteiger partial charge in [0.25, 0.3) is 5.56 Å². The second kappa shape index (κ2) is 3.95. The topological polar surface area (TPSA) is 79.4 Å². The zero-order valence-corrected chi connectivity index (χ0v) is 9.09. The highest BCUT2D eigenvalue weighted by molar-refractivity contribution is 5.69. The lowest BCUT2D eigenvalue weighted by Crippen LogP contribution is -2.03. The summed E-state index contributed by atoms with van der Waals surface area (Å²) in [6.45, 7) is 0. The van der Waals surface area contributed by atoms with Gasteiger partial charge in [0.05, 0.1) is 5.56 Å². The molecule has 0 unspecified atom stereocenters. The monoisotopic (exact) mass is 245 g/mol. The minimum atomic E-state index is -0.350. The third-order valence-corrected chi connectivity index (χ3v) is 2.57. The van der Waals surface area contributed by atoms with Crippen molar-refractivity contribution in [2.24, 2.45) is 0 Å². The maximum atomic E-state index is 12.9. The van der Waals surface area contributed by atoms with Gasteiger partial charge in [-0.2, -0.15) is 0 Å². The van der Waals surface area contributed by atoms with E-state index in [4.69, 9.17) is 0 Å². The molecule has 0 saturated carbocycles. The van der Waals surface area contributed by atoms with Gasteiger partial charge < -0.3 is 0 Å². The van der Waals surface area contributed by atoms with Crippen LogP contribution < -0.4 is 5.56 Å². The predicted molar refractivity (Wildman–Crippen MR) is 61.7 cm³/mol. The van der Waals surface area contributed by atoms with Crippen molar-refractivity contribution < 1.29 is 4.39 Å². The van der Waals surface area contributed by atoms with Crippen molar-refractivity contribution in [3.05, 3.63) is 53.1 Å². The summed E-state index contributed by atoms with van der Waals surface area (Å²) in [6.07, 6.45) is 2.93. The van der Waals surface area contributed by atoms with Crippen LogP contribution in [0.1, 0.15) is 0 Å². The number of aromatic amines is 2. The molecule has 0 aliphatic rings. The van der Waals surface area contributed by atoms with Crippen LogP contribution in [0, 0.1) is 5.82 Å². The fourth-order valence-corrected chi connectivity index (χ4v) is 1.74. The number of aromatic nitrogens is 5. The first kappa shape index (κ1) is 10.5. The molecule has 0 aliphatic carbocycles. The summed E-state index contributed by atoms with van der Waals surface area (Å²) >= 11 is 0. The highest BCUT2D eigenvalue weighted by atomic mass is 19.1. The van der Waals surface area contributed by atoms with Crippen molar-refractivity contribution in [2.45, 2.75) is 0 Å². The minimum Gasteiger partial charge on any atom is -0.282 e. The highest BCUT2D eigenvalue weighted by Crippen LogP contribution is 2.21. The first-order chi connectivity index (χ1) is 8.75. The number of hydrogen-bond acceptors (Lipinski definition) is 3. The molecule has 0 fully saturated rings. The number of halogens is 1. The molecule has 2 heterocycles. The Balaban J connectivity index is 2.20. The fourth-order valence-electron chi connectivity index (χ4n) is 1.74. The van der Waals surface area contributed by atoms with Gasteiger partial charge >= 0.3 is 0 Å². The number of nitrogens with zero attached hydrogens (tertiary/aromatic N) is 3. The van der Waals surface area contributed by atoms with Gasteiger partial charge in [-0.1, -0.05) is 12.1 Å². The molecule has 2 aromatic heterocycles. The number of H-pyrrole nitrogens is 2. The highest BCUT2D eigenvalue weighted by Gasteiger charge is 2.13. The summed E-state index contributed by atoms with van der Waals surface area (Å²) in [5.74, 6) is 0.160. The number of rotatable bonds is 2. The lowest BCUT2D eigenvalue weighted by atomic mass is 10.1. The molecule has 0 amide bonds. The third kappa shape index (κ3) is 1.61. The minimum absolute atomic E-state index is 0.287. The second-order valence-electron chi connectivity index (χ2n) is 3.68. The Kier molecular flexibility index (Phi) is 2.30. The van der Waals surface area contributed by atoms with Crippen LogP contribution in [0.2, 0.25) is 0 Å². The average Bonchev–Trinajstić information content (AvgIpc) is 2.99. The van der Waals surface area contributed by atoms with Crippen LogP contribution in [0.5, 0.6) is 0 Å². The molecular weight excluding hydrogens is 237 g/mol. The molecule has 18 heavy (non-hydrogen) atoms. The normalized spacial score (nSPS) is 10.7. The van der Waals surface area contributed by atoms with Crippen molar-refractivity contribution in [3.63, 3.8) is 0 Å². The molecule has 0 saturated heterocycles. The van der Waals surface area contributed by atoms with Crippen molar-refractivity contribution in [3.8, 4) is 16.9 Å². The molecular formula is C11H8FN5O. The molecule has 0 bridgehead atoms. The molecule has 6 nitrogen and oxygen atoms in total. The van der Waals surface area contributed by atoms with Gasteiger partial charge in [-0.3, -0.25) is 19.6 Å². The van der Waals surface area contributed by atoms with Crippen LogP contribution >= 0.6 is 0 Å². The molecule has 2 N–H and O–H groups in total. The molecule has 90 valence electrons. The maximum absolute atomic E-state index is 12.9. The standard InChI is InChI=1S/C11H8FN5O/c12-8-3-1-7(2-4-8)9-10(15-16-11(9)18)17-5-13-14-6-17/h1-6H,(H2,15,16,18). The van der Waals surface area contributed by atoms with E-state index in [9.17, 15) is 9.18 Å². The molecule has 0 spiro atoms. The van der Waals surface area contributed by atoms with E-state index in [1.54, 1.807) is 16.7 Å². The zero-order chi connectivity index (χ0) is 12.5. The zero-order valence-electron chi connectivity index (χ0n) is 9.09. The van der Waals surface area contributed by atoms with Gasteiger partial charge in [-0.05, 0) is 17.7 Å². The Morgan fingerprint density at radius 3 is 2.39 bits per heavy atom. The summed E-state index contributed by atoms with van der Waals surface area (Å²) in [4.78, 5) is 11.8. The van der Waals surface area contributed by atoms with Crippen molar-refractivity contribution >= 4 is 0 Å². The molecule has 0 radical (unpaired) electrons. The quantitative estimate of drug-likeness (QED) is 0.709. The number of benzene rings is 1. The van der Waals surface area contributed by atoms with Gasteiger partial charge in [0.1, 0.15) is 24.3 Å². The molecule has 0 atom stereocenters. The summed E-state index contributed by atoms with van der Waals surface area (Å²) in [6, 6.07) is 5.69. The lowest BCUT2D eigenvalue weighted by Gasteiger charge is -2.02. The van der Waals surface area contributed by atoms with E-state index < -0.39 is 0 Å². The van der Waals surface area contributed by atoms with E-state index in [-0.39, 0.29) is 11.4 Å². The molecule has 7 heteroatoms. The van der Waals surface area contributed by atoms with E-state index in [1.807, 2.05) is 0 Å². The van der Waals surface area contributed by atoms with Crippen LogP contribution in [0.25, 0.3) is 16.9 Å². The van der Waals surface area contributed by atoms with Crippen molar-refractivity contribution in [1.29, 1.82) is 0 Å². The summed E-state index contributed by atoms with van der Waals surface area (Å²) < 4.78 is 14.4. The maximum Gasteiger partial charge on any atom is 0.274 e. The third-order valence-electron chi connectivity index (χ3n) is 2.57. The SMILES string of the molecule is O=c1[nH][nH]c(-n2cnnc2)c1-c1ccc(F)cc1. The number of nitrogens with one attached hydrogen (secondary N) is 2. The predicted octanol–water partition coefficient (Wildman–Crippen LogP) is 1.09. The Hall–Kier alpha value is -2.70. The Bertz CT molecular complexity index is 711. The average molecular weight is 245 g/mol. The van der Waals surface area contributed by atoms with Crippen LogP contribution in [-0.2, 0) is 0 Å². The van der Waals surface area contributed by atoms with Crippen LogP contribution in [0.15, 0.2) is 41.7 Å². The van der Waals surface area contributed by atoms with Crippen LogP contribution in [0.4, 0.5) is 4.39 Å². The Labute approximate surface area is 100 Å². The fraction of sp³-hybridized carbons (Fsp3) is 0. The molecule has 0 aliphatic heterocycles. The Morgan fingerprint density at radius 2 is 1.72 bits per heavy atom. The largest absolute Gasteiger partial charge is 0.282 e. The van der Waals surface area contributed by atoms with Gasteiger partial charge in [0.2, 0.25) is 0 Å². The molecule has 3 rings (SSSR count). The second-order valence-corrected chi connectivity index (χ2v) is 3.68. The van der Waals surface area contributed by atoms with Gasteiger partial charge in [-0.25, -0.2) is 4.39 Å². The smallest absolute Gasteiger partial charge is 0.274 e. The summed E-state index contributed by atoms with van der Waals surface area (Å²) in [5.41, 5.74) is 0.739. The van der Waals surface area contributed by atoms with E-state index >= 15 is 0 Å². The van der Waals surface area contributed by atoms with E-state index in [0.717, 1.165) is 0 Å². The van der Waals surface area contributed by atoms with E-state index in [0.29, 0.717) is 16.9 Å². The first-order valence-electron chi connectivity index (χ1n) is 5.17. The lowest BCUT2D eigenvalue weighted by molar-refractivity contribution is 0.628. The van der Waals surface area contributed by atoms with Gasteiger partial charge in [0.15, 0.2) is 0 Å². The van der Waals surface area contributed by atoms with Crippen LogP contribution in [-0.4, -0.2) is 25.0 Å². The first-order valence-corrected chi connectivity index (χ1v) is 5.17.